The molecule has 1 aliphatic rings. The van der Waals surface area contributed by atoms with E-state index in [-0.39, 0.29) is 6.54 Å². The second kappa shape index (κ2) is 7.64. The number of rotatable bonds is 5. The number of aromatic nitrogens is 6. The van der Waals surface area contributed by atoms with E-state index in [1.54, 1.807) is 19.5 Å². The summed E-state index contributed by atoms with van der Waals surface area (Å²) >= 11 is 0. The number of aryl methyl sites for hydroxylation is 1. The van der Waals surface area contributed by atoms with Gasteiger partial charge in [-0.15, -0.1) is 0 Å². The number of pyridine rings is 1. The highest BCUT2D eigenvalue weighted by Crippen LogP contribution is 2.32. The Morgan fingerprint density at radius 2 is 1.85 bits per heavy atom. The fourth-order valence-electron chi connectivity index (χ4n) is 4.31. The quantitative estimate of drug-likeness (QED) is 0.397. The zero-order valence-corrected chi connectivity index (χ0v) is 18.5. The minimum atomic E-state index is -0.616. The third-order valence-corrected chi connectivity index (χ3v) is 6.24. The molecule has 5 heterocycles. The molecule has 172 valence electrons. The lowest BCUT2D eigenvalue weighted by molar-refractivity contribution is -0.204. The highest BCUT2D eigenvalue weighted by atomic mass is 19.1. The van der Waals surface area contributed by atoms with Crippen LogP contribution in [-0.4, -0.2) is 49.4 Å². The van der Waals surface area contributed by atoms with Crippen LogP contribution in [0.3, 0.4) is 0 Å². The Bertz CT molecular complexity index is 1530. The lowest BCUT2D eigenvalue weighted by Gasteiger charge is -2.39. The van der Waals surface area contributed by atoms with E-state index in [4.69, 9.17) is 14.5 Å². The van der Waals surface area contributed by atoms with Crippen LogP contribution in [0.25, 0.3) is 28.0 Å². The van der Waals surface area contributed by atoms with Crippen LogP contribution in [-0.2, 0) is 21.6 Å². The van der Waals surface area contributed by atoms with Crippen molar-refractivity contribution in [2.75, 3.05) is 20.3 Å². The third-order valence-electron chi connectivity index (χ3n) is 6.24. The zero-order valence-electron chi connectivity index (χ0n) is 18.5. The monoisotopic (exact) mass is 462 g/mol. The summed E-state index contributed by atoms with van der Waals surface area (Å²) in [5, 5.41) is 0. The normalized spacial score (nSPS) is 15.2. The van der Waals surface area contributed by atoms with Crippen molar-refractivity contribution in [3.05, 3.63) is 77.6 Å². The van der Waals surface area contributed by atoms with Crippen molar-refractivity contribution < 1.29 is 18.3 Å². The maximum absolute atomic E-state index is 13.7. The van der Waals surface area contributed by atoms with Crippen molar-refractivity contribution in [2.45, 2.75) is 19.1 Å². The molecule has 0 amide bonds. The van der Waals surface area contributed by atoms with E-state index in [2.05, 4.69) is 15.0 Å². The number of hydrogen-bond donors (Lipinski definition) is 0. The minimum Gasteiger partial charge on any atom is -0.374 e. The van der Waals surface area contributed by atoms with Gasteiger partial charge in [0.15, 0.2) is 16.9 Å². The van der Waals surface area contributed by atoms with Crippen LogP contribution in [0, 0.1) is 18.6 Å². The van der Waals surface area contributed by atoms with Crippen molar-refractivity contribution in [1.82, 2.24) is 29.1 Å². The van der Waals surface area contributed by atoms with Crippen molar-refractivity contribution in [1.29, 1.82) is 0 Å². The van der Waals surface area contributed by atoms with Gasteiger partial charge >= 0.3 is 0 Å². The van der Waals surface area contributed by atoms with Crippen molar-refractivity contribution in [2.24, 2.45) is 0 Å². The van der Waals surface area contributed by atoms with Gasteiger partial charge in [0.1, 0.15) is 23.0 Å². The lowest BCUT2D eigenvalue weighted by atomic mass is 9.98. The predicted molar refractivity (Wildman–Crippen MR) is 120 cm³/mol. The number of methoxy groups -OCH3 is 1. The number of hydrogen-bond acceptors (Lipinski definition) is 6. The second-order valence-corrected chi connectivity index (χ2v) is 8.40. The number of fused-ring (bicyclic) bond motifs is 2. The summed E-state index contributed by atoms with van der Waals surface area (Å²) in [5.74, 6) is -0.541. The molecule has 5 aromatic rings. The molecule has 1 fully saturated rings. The molecule has 10 heteroatoms. The fraction of sp³-hybridized carbons (Fsp3) is 0.250. The molecule has 1 aliphatic heterocycles. The minimum absolute atomic E-state index is 0.259. The molecule has 0 N–H and O–H groups in total. The summed E-state index contributed by atoms with van der Waals surface area (Å²) in [6, 6.07) is 7.31. The van der Waals surface area contributed by atoms with Crippen molar-refractivity contribution in [3.8, 4) is 5.69 Å². The first-order chi connectivity index (χ1) is 16.5. The first kappa shape index (κ1) is 20.8. The maximum Gasteiger partial charge on any atom is 0.178 e. The van der Waals surface area contributed by atoms with Crippen LogP contribution in [0.15, 0.2) is 48.9 Å². The first-order valence-corrected chi connectivity index (χ1v) is 10.7. The Morgan fingerprint density at radius 3 is 2.56 bits per heavy atom. The number of ether oxygens (including phenoxy) is 2. The molecular formula is C24H20F2N6O2. The largest absolute Gasteiger partial charge is 0.374 e. The Morgan fingerprint density at radius 1 is 1.06 bits per heavy atom. The summed E-state index contributed by atoms with van der Waals surface area (Å²) < 4.78 is 42.3. The Labute approximate surface area is 192 Å². The fourth-order valence-corrected chi connectivity index (χ4v) is 4.31. The van der Waals surface area contributed by atoms with E-state index < -0.39 is 17.2 Å². The molecule has 0 spiro atoms. The Hall–Kier alpha value is -3.76. The lowest BCUT2D eigenvalue weighted by Crippen LogP contribution is -2.49. The van der Waals surface area contributed by atoms with Crippen LogP contribution in [0.1, 0.15) is 17.1 Å². The number of nitrogens with zero attached hydrogens (tertiary/aromatic N) is 6. The summed E-state index contributed by atoms with van der Waals surface area (Å²) in [6.07, 6.45) is 5.31. The maximum atomic E-state index is 13.7. The van der Waals surface area contributed by atoms with Gasteiger partial charge in [-0.1, -0.05) is 0 Å². The number of benzene rings is 1. The molecule has 1 aromatic carbocycles. The van der Waals surface area contributed by atoms with Gasteiger partial charge in [-0.25, -0.2) is 23.7 Å². The van der Waals surface area contributed by atoms with Crippen molar-refractivity contribution >= 4 is 22.3 Å². The number of imidazole rings is 1. The van der Waals surface area contributed by atoms with Gasteiger partial charge in [-0.05, 0) is 36.8 Å². The zero-order chi connectivity index (χ0) is 23.4. The van der Waals surface area contributed by atoms with Gasteiger partial charge in [0.25, 0.3) is 0 Å². The van der Waals surface area contributed by atoms with Gasteiger partial charge in [-0.3, -0.25) is 9.55 Å². The van der Waals surface area contributed by atoms with Crippen LogP contribution in [0.5, 0.6) is 0 Å². The van der Waals surface area contributed by atoms with Crippen molar-refractivity contribution in [3.63, 3.8) is 0 Å². The standard InChI is InChI=1S/C24H20F2N6O2/c1-14-29-22-20(32(14)11-15-5-16(25)7-17(26)6-15)8-18(9-28-22)31-4-3-19-23(31)30-21(10-27-19)24(33-2)12-34-13-24/h3-10H,11-13H2,1-2H3. The summed E-state index contributed by atoms with van der Waals surface area (Å²) in [5.41, 5.74) is 4.06. The highest BCUT2D eigenvalue weighted by molar-refractivity contribution is 5.78. The van der Waals surface area contributed by atoms with Gasteiger partial charge in [0.05, 0.1) is 42.5 Å². The van der Waals surface area contributed by atoms with Gasteiger partial charge in [-0.2, -0.15) is 0 Å². The molecule has 0 saturated carbocycles. The Kier molecular flexibility index (Phi) is 4.68. The molecule has 0 atom stereocenters. The van der Waals surface area contributed by atoms with E-state index >= 15 is 0 Å². The SMILES string of the molecule is COC1(c2cnc3ccn(-c4cnc5nc(C)n(Cc6cc(F)cc(F)c6)c5c4)c3n2)COC1. The van der Waals surface area contributed by atoms with Crippen LogP contribution in [0.2, 0.25) is 0 Å². The molecule has 34 heavy (non-hydrogen) atoms. The summed E-state index contributed by atoms with van der Waals surface area (Å²) in [4.78, 5) is 18.4. The van der Waals surface area contributed by atoms with E-state index in [9.17, 15) is 8.78 Å². The molecular weight excluding hydrogens is 442 g/mol. The van der Waals surface area contributed by atoms with E-state index in [0.717, 1.165) is 22.8 Å². The van der Waals surface area contributed by atoms with Crippen LogP contribution >= 0.6 is 0 Å². The third kappa shape index (κ3) is 3.25. The molecule has 8 nitrogen and oxygen atoms in total. The van der Waals surface area contributed by atoms with Gasteiger partial charge < -0.3 is 14.0 Å². The average Bonchev–Trinajstić information content (AvgIpc) is 3.33. The molecule has 4 aromatic heterocycles. The topological polar surface area (TPSA) is 79.9 Å². The molecule has 0 unspecified atom stereocenters. The van der Waals surface area contributed by atoms with Crippen LogP contribution in [0.4, 0.5) is 8.78 Å². The van der Waals surface area contributed by atoms with Crippen LogP contribution < -0.4 is 0 Å². The van der Waals surface area contributed by atoms with E-state index in [1.807, 2.05) is 34.4 Å². The number of halogens is 2. The van der Waals surface area contributed by atoms with Gasteiger partial charge in [0.2, 0.25) is 0 Å². The second-order valence-electron chi connectivity index (χ2n) is 8.40. The highest BCUT2D eigenvalue weighted by Gasteiger charge is 2.42. The molecule has 1 saturated heterocycles. The van der Waals surface area contributed by atoms with Gasteiger partial charge in [0, 0.05) is 25.9 Å². The predicted octanol–water partition coefficient (Wildman–Crippen LogP) is 3.67. The smallest absolute Gasteiger partial charge is 0.178 e. The Balaban J connectivity index is 1.45. The molecule has 0 bridgehead atoms. The average molecular weight is 462 g/mol. The molecule has 0 aliphatic carbocycles. The van der Waals surface area contributed by atoms with E-state index in [1.165, 1.54) is 12.1 Å². The molecule has 6 rings (SSSR count). The summed E-state index contributed by atoms with van der Waals surface area (Å²) in [7, 11) is 1.64. The first-order valence-electron chi connectivity index (χ1n) is 10.7. The molecule has 0 radical (unpaired) electrons. The van der Waals surface area contributed by atoms with E-state index in [0.29, 0.717) is 41.6 Å². The summed E-state index contributed by atoms with van der Waals surface area (Å²) in [6.45, 7) is 2.95.